The first kappa shape index (κ1) is 18.8. The first-order chi connectivity index (χ1) is 14.7. The van der Waals surface area contributed by atoms with Gasteiger partial charge in [0, 0.05) is 50.6 Å². The number of aromatic nitrogens is 3. The van der Waals surface area contributed by atoms with E-state index in [4.69, 9.17) is 4.52 Å². The number of rotatable bonds is 4. The fourth-order valence-corrected chi connectivity index (χ4v) is 4.59. The number of anilines is 1. The minimum atomic E-state index is 0.179. The average molecular weight is 403 g/mol. The Hall–Kier alpha value is -3.22. The lowest BCUT2D eigenvalue weighted by atomic mass is 9.72. The summed E-state index contributed by atoms with van der Waals surface area (Å²) in [5, 5.41) is 4.20. The van der Waals surface area contributed by atoms with Crippen LogP contribution >= 0.6 is 0 Å². The van der Waals surface area contributed by atoms with Gasteiger partial charge in [0.1, 0.15) is 0 Å². The monoisotopic (exact) mass is 403 g/mol. The number of benzene rings is 1. The number of hydrogen-bond donors (Lipinski definition) is 0. The highest BCUT2D eigenvalue weighted by molar-refractivity contribution is 5.77. The van der Waals surface area contributed by atoms with Gasteiger partial charge in [-0.2, -0.15) is 4.98 Å². The van der Waals surface area contributed by atoms with E-state index in [9.17, 15) is 4.79 Å². The third kappa shape index (κ3) is 3.79. The Morgan fingerprint density at radius 2 is 1.87 bits per heavy atom. The van der Waals surface area contributed by atoms with Crippen molar-refractivity contribution in [3.05, 3.63) is 60.4 Å². The van der Waals surface area contributed by atoms with E-state index >= 15 is 0 Å². The lowest BCUT2D eigenvalue weighted by Crippen LogP contribution is -2.51. The standard InChI is InChI=1S/C23H25N5O2/c29-20-8-9-23(17-28(20)16-18-5-4-12-24-15-18)10-13-27(14-11-23)22-25-21(30-26-22)19-6-2-1-3-7-19/h1-7,12,15H,8-11,13-14,16-17H2. The van der Waals surface area contributed by atoms with Gasteiger partial charge >= 0.3 is 0 Å². The molecule has 0 radical (unpaired) electrons. The second-order valence-corrected chi connectivity index (χ2v) is 8.36. The summed E-state index contributed by atoms with van der Waals surface area (Å²) >= 11 is 0. The Balaban J connectivity index is 1.24. The maximum absolute atomic E-state index is 12.5. The molecule has 7 nitrogen and oxygen atoms in total. The van der Waals surface area contributed by atoms with Crippen LogP contribution in [0.25, 0.3) is 11.5 Å². The van der Waals surface area contributed by atoms with Crippen molar-refractivity contribution in [3.8, 4) is 11.5 Å². The van der Waals surface area contributed by atoms with E-state index in [1.807, 2.05) is 53.6 Å². The van der Waals surface area contributed by atoms with Crippen LogP contribution in [0, 0.1) is 5.41 Å². The molecule has 7 heteroatoms. The Bertz CT molecular complexity index is 997. The molecule has 1 aromatic carbocycles. The molecule has 2 aliphatic rings. The zero-order valence-electron chi connectivity index (χ0n) is 16.9. The Morgan fingerprint density at radius 1 is 1.03 bits per heavy atom. The summed E-state index contributed by atoms with van der Waals surface area (Å²) in [5.41, 5.74) is 2.20. The molecule has 0 atom stereocenters. The molecule has 0 unspecified atom stereocenters. The summed E-state index contributed by atoms with van der Waals surface area (Å²) in [4.78, 5) is 25.5. The van der Waals surface area contributed by atoms with E-state index in [0.29, 0.717) is 24.8 Å². The molecule has 0 saturated carbocycles. The van der Waals surface area contributed by atoms with Gasteiger partial charge in [0.15, 0.2) is 0 Å². The van der Waals surface area contributed by atoms with Gasteiger partial charge in [0.25, 0.3) is 11.8 Å². The molecule has 4 heterocycles. The predicted molar refractivity (Wildman–Crippen MR) is 113 cm³/mol. The van der Waals surface area contributed by atoms with Crippen LogP contribution in [0.2, 0.25) is 0 Å². The minimum Gasteiger partial charge on any atom is -0.338 e. The number of carbonyl (C=O) groups is 1. The van der Waals surface area contributed by atoms with Crippen molar-refractivity contribution in [3.63, 3.8) is 0 Å². The fraction of sp³-hybridized carbons (Fsp3) is 0.391. The van der Waals surface area contributed by atoms with Gasteiger partial charge in [-0.05, 0) is 53.6 Å². The van der Waals surface area contributed by atoms with Crippen LogP contribution in [0.1, 0.15) is 31.2 Å². The van der Waals surface area contributed by atoms with E-state index in [1.54, 1.807) is 6.20 Å². The predicted octanol–water partition coefficient (Wildman–Crippen LogP) is 3.54. The summed E-state index contributed by atoms with van der Waals surface area (Å²) in [6.45, 7) is 3.21. The number of amides is 1. The molecule has 3 aromatic rings. The summed E-state index contributed by atoms with van der Waals surface area (Å²) < 4.78 is 5.48. The van der Waals surface area contributed by atoms with Crippen LogP contribution < -0.4 is 4.90 Å². The summed E-state index contributed by atoms with van der Waals surface area (Å²) in [6, 6.07) is 13.8. The molecule has 0 N–H and O–H groups in total. The fourth-order valence-electron chi connectivity index (χ4n) is 4.59. The number of nitrogens with zero attached hydrogens (tertiary/aromatic N) is 5. The smallest absolute Gasteiger partial charge is 0.266 e. The normalized spacial score (nSPS) is 18.7. The third-order valence-electron chi connectivity index (χ3n) is 6.39. The van der Waals surface area contributed by atoms with E-state index < -0.39 is 0 Å². The zero-order valence-corrected chi connectivity index (χ0v) is 16.9. The molecule has 2 aliphatic heterocycles. The molecular formula is C23H25N5O2. The van der Waals surface area contributed by atoms with Gasteiger partial charge in [-0.3, -0.25) is 9.78 Å². The van der Waals surface area contributed by atoms with Crippen LogP contribution in [0.3, 0.4) is 0 Å². The molecule has 0 aliphatic carbocycles. The Labute approximate surface area is 175 Å². The average Bonchev–Trinajstić information content (AvgIpc) is 3.29. The molecule has 30 heavy (non-hydrogen) atoms. The van der Waals surface area contributed by atoms with Crippen molar-refractivity contribution in [2.24, 2.45) is 5.41 Å². The van der Waals surface area contributed by atoms with E-state index in [2.05, 4.69) is 20.0 Å². The lowest BCUT2D eigenvalue weighted by Gasteiger charge is -2.47. The largest absolute Gasteiger partial charge is 0.338 e. The lowest BCUT2D eigenvalue weighted by molar-refractivity contribution is -0.139. The number of carbonyl (C=O) groups excluding carboxylic acids is 1. The maximum Gasteiger partial charge on any atom is 0.266 e. The molecular weight excluding hydrogens is 378 g/mol. The number of pyridine rings is 1. The van der Waals surface area contributed by atoms with Crippen molar-refractivity contribution in [1.29, 1.82) is 0 Å². The molecule has 154 valence electrons. The van der Waals surface area contributed by atoms with Crippen LogP contribution in [0.4, 0.5) is 5.95 Å². The highest BCUT2D eigenvalue weighted by Crippen LogP contribution is 2.41. The van der Waals surface area contributed by atoms with Gasteiger partial charge in [-0.1, -0.05) is 24.3 Å². The van der Waals surface area contributed by atoms with Crippen molar-refractivity contribution in [2.45, 2.75) is 32.2 Å². The van der Waals surface area contributed by atoms with Gasteiger partial charge in [-0.25, -0.2) is 0 Å². The molecule has 2 fully saturated rings. The molecule has 2 aromatic heterocycles. The summed E-state index contributed by atoms with van der Waals surface area (Å²) in [6.07, 6.45) is 7.25. The van der Waals surface area contributed by atoms with Crippen LogP contribution in [-0.2, 0) is 11.3 Å². The van der Waals surface area contributed by atoms with E-state index in [1.165, 1.54) is 0 Å². The van der Waals surface area contributed by atoms with Crippen LogP contribution in [0.5, 0.6) is 0 Å². The first-order valence-electron chi connectivity index (χ1n) is 10.5. The number of hydrogen-bond acceptors (Lipinski definition) is 6. The minimum absolute atomic E-state index is 0.179. The highest BCUT2D eigenvalue weighted by atomic mass is 16.5. The molecule has 2 saturated heterocycles. The topological polar surface area (TPSA) is 75.4 Å². The van der Waals surface area contributed by atoms with Crippen molar-refractivity contribution in [1.82, 2.24) is 20.0 Å². The highest BCUT2D eigenvalue weighted by Gasteiger charge is 2.41. The number of likely N-dealkylation sites (tertiary alicyclic amines) is 1. The second kappa shape index (κ2) is 7.89. The van der Waals surface area contributed by atoms with Gasteiger partial charge in [0.2, 0.25) is 5.91 Å². The Morgan fingerprint density at radius 3 is 2.63 bits per heavy atom. The molecule has 5 rings (SSSR count). The quantitative estimate of drug-likeness (QED) is 0.663. The maximum atomic E-state index is 12.5. The molecule has 0 bridgehead atoms. The zero-order chi connectivity index (χ0) is 20.4. The van der Waals surface area contributed by atoms with Crippen molar-refractivity contribution in [2.75, 3.05) is 24.5 Å². The van der Waals surface area contributed by atoms with E-state index in [0.717, 1.165) is 50.0 Å². The first-order valence-corrected chi connectivity index (χ1v) is 10.5. The summed E-state index contributed by atoms with van der Waals surface area (Å²) in [7, 11) is 0. The van der Waals surface area contributed by atoms with Gasteiger partial charge < -0.3 is 14.3 Å². The van der Waals surface area contributed by atoms with E-state index in [-0.39, 0.29) is 11.3 Å². The molecule has 1 spiro atoms. The number of piperidine rings is 2. The van der Waals surface area contributed by atoms with Crippen LogP contribution in [0.15, 0.2) is 59.4 Å². The third-order valence-corrected chi connectivity index (χ3v) is 6.39. The SMILES string of the molecule is O=C1CCC2(CCN(c3noc(-c4ccccc4)n3)CC2)CN1Cc1cccnc1. The van der Waals surface area contributed by atoms with Crippen LogP contribution in [-0.4, -0.2) is 45.6 Å². The summed E-state index contributed by atoms with van der Waals surface area (Å²) in [5.74, 6) is 1.46. The van der Waals surface area contributed by atoms with Crippen molar-refractivity contribution < 1.29 is 9.32 Å². The van der Waals surface area contributed by atoms with Gasteiger partial charge in [0.05, 0.1) is 0 Å². The molecule has 1 amide bonds. The Kier molecular flexibility index (Phi) is 4.94. The van der Waals surface area contributed by atoms with Gasteiger partial charge in [-0.15, -0.1) is 0 Å². The van der Waals surface area contributed by atoms with Crippen molar-refractivity contribution >= 4 is 11.9 Å². The second-order valence-electron chi connectivity index (χ2n) is 8.36.